The second kappa shape index (κ2) is 10.7. The molecule has 0 aliphatic carbocycles. The van der Waals surface area contributed by atoms with Crippen molar-refractivity contribution >= 4 is 17.8 Å². The molecule has 3 N–H and O–H groups in total. The second-order valence-corrected chi connectivity index (χ2v) is 8.10. The van der Waals surface area contributed by atoms with Crippen LogP contribution in [0.3, 0.4) is 0 Å². The van der Waals surface area contributed by atoms with Gasteiger partial charge in [0.2, 0.25) is 0 Å². The molecule has 4 atom stereocenters. The van der Waals surface area contributed by atoms with E-state index in [0.717, 1.165) is 45.3 Å². The largest absolute Gasteiger partial charge is 0.467 e. The molecule has 2 aliphatic heterocycles. The first-order valence-electron chi connectivity index (χ1n) is 10.7. The SMILES string of the molecule is COC(=O)C(NC(=O)[C@H](O)[C@@H](O)C(=O)N1CCC[C@H]1CN1CCCC1)c1ccccc1. The fraction of sp³-hybridized carbons (Fsp3) is 0.591. The quantitative estimate of drug-likeness (QED) is 0.487. The molecule has 31 heavy (non-hydrogen) atoms. The molecule has 1 aromatic carbocycles. The third kappa shape index (κ3) is 5.61. The van der Waals surface area contributed by atoms with Crippen LogP contribution in [0.2, 0.25) is 0 Å². The molecule has 0 aromatic heterocycles. The van der Waals surface area contributed by atoms with Gasteiger partial charge in [0.05, 0.1) is 7.11 Å². The number of nitrogens with one attached hydrogen (secondary N) is 1. The third-order valence-electron chi connectivity index (χ3n) is 6.00. The molecule has 1 aromatic rings. The zero-order valence-electron chi connectivity index (χ0n) is 17.8. The topological polar surface area (TPSA) is 119 Å². The first-order valence-corrected chi connectivity index (χ1v) is 10.7. The van der Waals surface area contributed by atoms with E-state index in [1.807, 2.05) is 0 Å². The Morgan fingerprint density at radius 1 is 1.06 bits per heavy atom. The van der Waals surface area contributed by atoms with E-state index in [1.165, 1.54) is 7.11 Å². The van der Waals surface area contributed by atoms with E-state index in [4.69, 9.17) is 4.74 Å². The lowest BCUT2D eigenvalue weighted by molar-refractivity contribution is -0.155. The Labute approximate surface area is 182 Å². The Bertz CT molecular complexity index is 768. The van der Waals surface area contributed by atoms with Crippen molar-refractivity contribution in [2.45, 2.75) is 50.0 Å². The molecular formula is C22H31N3O6. The van der Waals surface area contributed by atoms with Crippen molar-refractivity contribution in [1.82, 2.24) is 15.1 Å². The summed E-state index contributed by atoms with van der Waals surface area (Å²) < 4.78 is 4.74. The highest BCUT2D eigenvalue weighted by atomic mass is 16.5. The number of methoxy groups -OCH3 is 1. The minimum atomic E-state index is -2.00. The van der Waals surface area contributed by atoms with Gasteiger partial charge in [0.25, 0.3) is 11.8 Å². The van der Waals surface area contributed by atoms with E-state index in [1.54, 1.807) is 35.2 Å². The summed E-state index contributed by atoms with van der Waals surface area (Å²) in [7, 11) is 1.19. The Hall–Kier alpha value is -2.49. The first-order chi connectivity index (χ1) is 14.9. The van der Waals surface area contributed by atoms with Crippen LogP contribution in [0.25, 0.3) is 0 Å². The summed E-state index contributed by atoms with van der Waals surface area (Å²) in [6, 6.07) is 7.20. The molecule has 0 saturated carbocycles. The summed E-state index contributed by atoms with van der Waals surface area (Å²) in [4.78, 5) is 41.4. The summed E-state index contributed by atoms with van der Waals surface area (Å²) >= 11 is 0. The Balaban J connectivity index is 1.63. The monoisotopic (exact) mass is 433 g/mol. The fourth-order valence-electron chi connectivity index (χ4n) is 4.30. The number of hydrogen-bond donors (Lipinski definition) is 3. The number of aliphatic hydroxyl groups excluding tert-OH is 2. The number of esters is 1. The lowest BCUT2D eigenvalue weighted by Gasteiger charge is -2.31. The molecule has 2 heterocycles. The van der Waals surface area contributed by atoms with E-state index in [9.17, 15) is 24.6 Å². The van der Waals surface area contributed by atoms with Crippen LogP contribution in [0, 0.1) is 0 Å². The van der Waals surface area contributed by atoms with E-state index in [0.29, 0.717) is 12.1 Å². The number of hydrogen-bond acceptors (Lipinski definition) is 7. The van der Waals surface area contributed by atoms with Crippen molar-refractivity contribution in [3.05, 3.63) is 35.9 Å². The normalized spacial score (nSPS) is 22.0. The number of nitrogens with zero attached hydrogens (tertiary/aromatic N) is 2. The molecule has 9 nitrogen and oxygen atoms in total. The van der Waals surface area contributed by atoms with Gasteiger partial charge in [-0.25, -0.2) is 4.79 Å². The zero-order chi connectivity index (χ0) is 22.4. The van der Waals surface area contributed by atoms with Crippen molar-refractivity contribution in [1.29, 1.82) is 0 Å². The van der Waals surface area contributed by atoms with Gasteiger partial charge in [-0.15, -0.1) is 0 Å². The van der Waals surface area contributed by atoms with Crippen LogP contribution in [0.1, 0.15) is 37.3 Å². The van der Waals surface area contributed by atoms with Gasteiger partial charge in [-0.2, -0.15) is 0 Å². The maximum atomic E-state index is 12.8. The van der Waals surface area contributed by atoms with Crippen molar-refractivity contribution in [3.8, 4) is 0 Å². The number of carbonyl (C=O) groups is 3. The molecule has 2 fully saturated rings. The molecule has 170 valence electrons. The third-order valence-corrected chi connectivity index (χ3v) is 6.00. The van der Waals surface area contributed by atoms with Gasteiger partial charge in [-0.05, 0) is 44.3 Å². The molecule has 3 rings (SSSR count). The predicted octanol–water partition coefficient (Wildman–Crippen LogP) is -0.174. The maximum Gasteiger partial charge on any atom is 0.333 e. The van der Waals surface area contributed by atoms with Crippen LogP contribution in [0.4, 0.5) is 0 Å². The Kier molecular flexibility index (Phi) is 8.00. The maximum absolute atomic E-state index is 12.8. The fourth-order valence-corrected chi connectivity index (χ4v) is 4.30. The van der Waals surface area contributed by atoms with Crippen molar-refractivity contribution in [2.24, 2.45) is 0 Å². The van der Waals surface area contributed by atoms with Crippen molar-refractivity contribution in [2.75, 3.05) is 33.3 Å². The summed E-state index contributed by atoms with van der Waals surface area (Å²) in [6.45, 7) is 3.22. The summed E-state index contributed by atoms with van der Waals surface area (Å²) in [5.41, 5.74) is 0.459. The van der Waals surface area contributed by atoms with Gasteiger partial charge < -0.3 is 30.1 Å². The summed E-state index contributed by atoms with van der Waals surface area (Å²) in [5, 5.41) is 23.2. The highest BCUT2D eigenvalue weighted by Gasteiger charge is 2.39. The Morgan fingerprint density at radius 3 is 2.39 bits per heavy atom. The van der Waals surface area contributed by atoms with E-state index >= 15 is 0 Å². The highest BCUT2D eigenvalue weighted by molar-refractivity contribution is 5.93. The van der Waals surface area contributed by atoms with Gasteiger partial charge in [-0.3, -0.25) is 9.59 Å². The van der Waals surface area contributed by atoms with Gasteiger partial charge >= 0.3 is 5.97 Å². The molecule has 0 bridgehead atoms. The van der Waals surface area contributed by atoms with Crippen molar-refractivity contribution < 1.29 is 29.3 Å². The van der Waals surface area contributed by atoms with E-state index in [2.05, 4.69) is 10.2 Å². The number of ether oxygens (including phenoxy) is 1. The molecule has 0 spiro atoms. The molecule has 2 saturated heterocycles. The molecule has 1 unspecified atom stereocenters. The number of aliphatic hydroxyl groups is 2. The minimum absolute atomic E-state index is 0.0392. The van der Waals surface area contributed by atoms with E-state index in [-0.39, 0.29) is 6.04 Å². The predicted molar refractivity (Wildman–Crippen MR) is 112 cm³/mol. The number of likely N-dealkylation sites (tertiary alicyclic amines) is 2. The molecule has 0 radical (unpaired) electrons. The second-order valence-electron chi connectivity index (χ2n) is 8.10. The van der Waals surface area contributed by atoms with Gasteiger partial charge in [0.15, 0.2) is 18.2 Å². The van der Waals surface area contributed by atoms with Crippen LogP contribution in [-0.2, 0) is 19.1 Å². The minimum Gasteiger partial charge on any atom is -0.467 e. The van der Waals surface area contributed by atoms with Gasteiger partial charge in [0.1, 0.15) is 0 Å². The number of benzene rings is 1. The van der Waals surface area contributed by atoms with Crippen LogP contribution in [0.15, 0.2) is 30.3 Å². The van der Waals surface area contributed by atoms with Crippen LogP contribution < -0.4 is 5.32 Å². The van der Waals surface area contributed by atoms with E-state index < -0.39 is 36.0 Å². The smallest absolute Gasteiger partial charge is 0.333 e. The zero-order valence-corrected chi connectivity index (χ0v) is 17.8. The molecule has 2 aliphatic rings. The molecule has 2 amide bonds. The van der Waals surface area contributed by atoms with Crippen LogP contribution in [0.5, 0.6) is 0 Å². The summed E-state index contributed by atoms with van der Waals surface area (Å²) in [5.74, 6) is -2.41. The number of rotatable bonds is 8. The van der Waals surface area contributed by atoms with Crippen molar-refractivity contribution in [3.63, 3.8) is 0 Å². The lowest BCUT2D eigenvalue weighted by Crippen LogP contribution is -2.54. The summed E-state index contributed by atoms with van der Waals surface area (Å²) in [6.07, 6.45) is 0.0214. The molecule has 9 heteroatoms. The Morgan fingerprint density at radius 2 is 1.74 bits per heavy atom. The van der Waals surface area contributed by atoms with Gasteiger partial charge in [-0.1, -0.05) is 30.3 Å². The number of amides is 2. The average Bonchev–Trinajstić information content (AvgIpc) is 3.48. The highest BCUT2D eigenvalue weighted by Crippen LogP contribution is 2.22. The standard InChI is InChI=1S/C22H31N3O6/c1-31-22(30)17(15-8-3-2-4-9-15)23-20(28)18(26)19(27)21(29)25-13-7-10-16(25)14-24-11-5-6-12-24/h2-4,8-9,16-19,26-27H,5-7,10-14H2,1H3,(H,23,28)/t16-,17?,18+,19+/m0/s1. The number of carbonyl (C=O) groups excluding carboxylic acids is 3. The molecular weight excluding hydrogens is 402 g/mol. The van der Waals surface area contributed by atoms with Crippen LogP contribution >= 0.6 is 0 Å². The van der Waals surface area contributed by atoms with Gasteiger partial charge in [0, 0.05) is 19.1 Å². The first kappa shape index (κ1) is 23.2. The lowest BCUT2D eigenvalue weighted by atomic mass is 10.1. The average molecular weight is 434 g/mol. The van der Waals surface area contributed by atoms with Crippen LogP contribution in [-0.4, -0.2) is 89.3 Å².